The Morgan fingerprint density at radius 3 is 2.90 bits per heavy atom. The van der Waals surface area contributed by atoms with Gasteiger partial charge in [-0.1, -0.05) is 11.8 Å². The smallest absolute Gasteiger partial charge is 0.303 e. The molecule has 2 heterocycles. The van der Waals surface area contributed by atoms with Crippen LogP contribution < -0.4 is 0 Å². The van der Waals surface area contributed by atoms with Crippen molar-refractivity contribution in [2.24, 2.45) is 0 Å². The van der Waals surface area contributed by atoms with Crippen molar-refractivity contribution in [3.05, 3.63) is 11.8 Å². The van der Waals surface area contributed by atoms with Gasteiger partial charge in [0.25, 0.3) is 0 Å². The lowest BCUT2D eigenvalue weighted by Gasteiger charge is -2.34. The monoisotopic (exact) mass is 290 g/mol. The molecule has 2 aliphatic rings. The molecular weight excluding hydrogens is 272 g/mol. The summed E-state index contributed by atoms with van der Waals surface area (Å²) in [6.07, 6.45) is 1.85. The first-order valence-electron chi connectivity index (χ1n) is 6.89. The Morgan fingerprint density at radius 1 is 1.48 bits per heavy atom. The Bertz CT molecular complexity index is 549. The second kappa shape index (κ2) is 6.67. The van der Waals surface area contributed by atoms with Gasteiger partial charge in [0, 0.05) is 19.4 Å². The Morgan fingerprint density at radius 2 is 2.29 bits per heavy atom. The highest BCUT2D eigenvalue weighted by atomic mass is 16.7. The van der Waals surface area contributed by atoms with Crippen LogP contribution in [0, 0.1) is 23.7 Å². The molecule has 1 N–H and O–H groups in total. The van der Waals surface area contributed by atoms with Gasteiger partial charge in [-0.05, 0) is 31.6 Å². The fourth-order valence-electron chi connectivity index (χ4n) is 2.43. The summed E-state index contributed by atoms with van der Waals surface area (Å²) in [5.41, 5.74) is 0. The molecule has 0 amide bonds. The summed E-state index contributed by atoms with van der Waals surface area (Å²) >= 11 is 0. The van der Waals surface area contributed by atoms with E-state index >= 15 is 0 Å². The van der Waals surface area contributed by atoms with Crippen LogP contribution in [0.5, 0.6) is 0 Å². The second-order valence-electron chi connectivity index (χ2n) is 4.89. The highest BCUT2D eigenvalue weighted by molar-refractivity contribution is 5.66. The first-order chi connectivity index (χ1) is 10.1. The normalized spacial score (nSPS) is 32.6. The van der Waals surface area contributed by atoms with E-state index in [0.717, 1.165) is 12.8 Å². The zero-order chi connectivity index (χ0) is 15.3. The molecule has 2 fully saturated rings. The van der Waals surface area contributed by atoms with Crippen LogP contribution in [-0.4, -0.2) is 35.7 Å². The fourth-order valence-corrected chi connectivity index (χ4v) is 2.43. The highest BCUT2D eigenvalue weighted by Gasteiger charge is 2.56. The average Bonchev–Trinajstić information content (AvgIpc) is 2.70. The largest absolute Gasteiger partial charge is 0.459 e. The van der Waals surface area contributed by atoms with E-state index in [4.69, 9.17) is 14.2 Å². The van der Waals surface area contributed by atoms with Gasteiger partial charge in [0.2, 0.25) is 5.79 Å². The first-order valence-corrected chi connectivity index (χ1v) is 6.89. The third kappa shape index (κ3) is 3.39. The lowest BCUT2D eigenvalue weighted by molar-refractivity contribution is -0.257. The molecule has 5 nitrogen and oxygen atoms in total. The zero-order valence-corrected chi connectivity index (χ0v) is 12.1. The molecule has 2 saturated heterocycles. The SMILES string of the molecule is CC#CC#CC=C1O[C@]2(CCCCO2)[C@H](O)[C@@H]1OC(C)=O. The van der Waals surface area contributed by atoms with E-state index in [2.05, 4.69) is 23.7 Å². The van der Waals surface area contributed by atoms with Gasteiger partial charge < -0.3 is 19.3 Å². The minimum absolute atomic E-state index is 0.296. The van der Waals surface area contributed by atoms with Crippen LogP contribution in [0.1, 0.15) is 33.1 Å². The molecule has 0 aromatic rings. The summed E-state index contributed by atoms with van der Waals surface area (Å²) in [4.78, 5) is 11.2. The van der Waals surface area contributed by atoms with Crippen LogP contribution in [0.4, 0.5) is 0 Å². The van der Waals surface area contributed by atoms with Crippen LogP contribution in [0.15, 0.2) is 11.8 Å². The van der Waals surface area contributed by atoms with Crippen LogP contribution >= 0.6 is 0 Å². The number of esters is 1. The molecule has 2 rings (SSSR count). The maximum atomic E-state index is 11.2. The molecule has 0 saturated carbocycles. The number of ether oxygens (including phenoxy) is 3. The molecule has 0 aliphatic carbocycles. The number of aliphatic hydroxyl groups is 1. The summed E-state index contributed by atoms with van der Waals surface area (Å²) in [6, 6.07) is 0. The highest BCUT2D eigenvalue weighted by Crippen LogP contribution is 2.42. The van der Waals surface area contributed by atoms with Gasteiger partial charge in [0.15, 0.2) is 18.0 Å². The van der Waals surface area contributed by atoms with Crippen molar-refractivity contribution in [1.29, 1.82) is 0 Å². The molecule has 1 spiro atoms. The number of hydrogen-bond donors (Lipinski definition) is 1. The van der Waals surface area contributed by atoms with Crippen molar-refractivity contribution in [2.75, 3.05) is 6.61 Å². The number of carbonyl (C=O) groups is 1. The predicted molar refractivity (Wildman–Crippen MR) is 74.5 cm³/mol. The number of rotatable bonds is 1. The minimum atomic E-state index is -1.14. The van der Waals surface area contributed by atoms with Crippen LogP contribution in [-0.2, 0) is 19.0 Å². The lowest BCUT2D eigenvalue weighted by atomic mass is 9.98. The Balaban J connectivity index is 2.26. The summed E-state index contributed by atoms with van der Waals surface area (Å²) in [5, 5.41) is 10.4. The van der Waals surface area contributed by atoms with E-state index in [1.807, 2.05) is 0 Å². The van der Waals surface area contributed by atoms with Crippen molar-refractivity contribution in [3.8, 4) is 23.7 Å². The van der Waals surface area contributed by atoms with E-state index in [-0.39, 0.29) is 0 Å². The van der Waals surface area contributed by atoms with Gasteiger partial charge in [-0.2, -0.15) is 0 Å². The Kier molecular flexibility index (Phi) is 4.90. The van der Waals surface area contributed by atoms with Crippen molar-refractivity contribution >= 4 is 5.97 Å². The standard InChI is InChI=1S/C16H18O5/c1-3-4-5-6-9-13-14(20-12(2)17)15(18)16(21-13)10-7-8-11-19-16/h9,14-15,18H,7-8,10-11H2,1-2H3/t14-,15-,16-/m1/s1. The average molecular weight is 290 g/mol. The van der Waals surface area contributed by atoms with Gasteiger partial charge in [-0.3, -0.25) is 4.79 Å². The van der Waals surface area contributed by atoms with Crippen molar-refractivity contribution < 1.29 is 24.1 Å². The third-order valence-electron chi connectivity index (χ3n) is 3.34. The van der Waals surface area contributed by atoms with Crippen LogP contribution in [0.2, 0.25) is 0 Å². The summed E-state index contributed by atoms with van der Waals surface area (Å²) in [7, 11) is 0. The zero-order valence-electron chi connectivity index (χ0n) is 12.1. The molecule has 0 bridgehead atoms. The molecule has 0 aromatic heterocycles. The molecule has 0 radical (unpaired) electrons. The van der Waals surface area contributed by atoms with Crippen molar-refractivity contribution in [3.63, 3.8) is 0 Å². The Hall–Kier alpha value is -1.95. The topological polar surface area (TPSA) is 65.0 Å². The van der Waals surface area contributed by atoms with Crippen LogP contribution in [0.25, 0.3) is 0 Å². The summed E-state index contributed by atoms with van der Waals surface area (Å²) in [5.74, 6) is 9.23. The third-order valence-corrected chi connectivity index (χ3v) is 3.34. The quantitative estimate of drug-likeness (QED) is 0.579. The van der Waals surface area contributed by atoms with Gasteiger partial charge in [-0.25, -0.2) is 0 Å². The molecule has 21 heavy (non-hydrogen) atoms. The molecule has 112 valence electrons. The van der Waals surface area contributed by atoms with Gasteiger partial charge in [-0.15, -0.1) is 0 Å². The van der Waals surface area contributed by atoms with E-state index in [1.165, 1.54) is 13.0 Å². The summed E-state index contributed by atoms with van der Waals surface area (Å²) < 4.78 is 16.5. The number of allylic oxidation sites excluding steroid dienone is 1. The van der Waals surface area contributed by atoms with Crippen molar-refractivity contribution in [1.82, 2.24) is 0 Å². The maximum Gasteiger partial charge on any atom is 0.303 e. The van der Waals surface area contributed by atoms with Gasteiger partial charge in [0.1, 0.15) is 0 Å². The molecule has 3 atom stereocenters. The van der Waals surface area contributed by atoms with E-state index < -0.39 is 24.0 Å². The minimum Gasteiger partial charge on any atom is -0.459 e. The number of aliphatic hydroxyl groups excluding tert-OH is 1. The fraction of sp³-hybridized carbons (Fsp3) is 0.562. The number of hydrogen-bond acceptors (Lipinski definition) is 5. The van der Waals surface area contributed by atoms with E-state index in [0.29, 0.717) is 18.8 Å². The van der Waals surface area contributed by atoms with Gasteiger partial charge >= 0.3 is 5.97 Å². The summed E-state index contributed by atoms with van der Waals surface area (Å²) in [6.45, 7) is 3.47. The molecule has 5 heteroatoms. The first kappa shape index (κ1) is 15.4. The van der Waals surface area contributed by atoms with Crippen molar-refractivity contribution in [2.45, 2.75) is 51.1 Å². The van der Waals surface area contributed by atoms with E-state index in [9.17, 15) is 9.90 Å². The molecule has 0 unspecified atom stereocenters. The van der Waals surface area contributed by atoms with Crippen LogP contribution in [0.3, 0.4) is 0 Å². The molecule has 0 aromatic carbocycles. The molecule has 2 aliphatic heterocycles. The maximum absolute atomic E-state index is 11.2. The lowest BCUT2D eigenvalue weighted by Crippen LogP contribution is -2.48. The predicted octanol–water partition coefficient (Wildman–Crippen LogP) is 1.12. The molecular formula is C16H18O5. The number of carbonyl (C=O) groups excluding carboxylic acids is 1. The van der Waals surface area contributed by atoms with Gasteiger partial charge in [0.05, 0.1) is 6.61 Å². The van der Waals surface area contributed by atoms with E-state index in [1.54, 1.807) is 6.92 Å². The second-order valence-corrected chi connectivity index (χ2v) is 4.89. The Labute approximate surface area is 124 Å².